The van der Waals surface area contributed by atoms with Gasteiger partial charge in [0.25, 0.3) is 5.69 Å². The Bertz CT molecular complexity index is 811. The molecule has 0 spiro atoms. The van der Waals surface area contributed by atoms with Crippen molar-refractivity contribution < 1.29 is 14.5 Å². The number of pyridine rings is 1. The van der Waals surface area contributed by atoms with Crippen molar-refractivity contribution >= 4 is 44.9 Å². The molecule has 0 atom stereocenters. The van der Waals surface area contributed by atoms with Crippen LogP contribution in [0.2, 0.25) is 0 Å². The largest absolute Gasteiger partial charge is 0.326 e. The summed E-state index contributed by atoms with van der Waals surface area (Å²) in [6.45, 7) is 0.489. The zero-order valence-corrected chi connectivity index (χ0v) is 16.1. The number of nitrogens with zero attached hydrogens (tertiary/aromatic N) is 3. The fourth-order valence-electron chi connectivity index (χ4n) is 2.14. The number of likely N-dealkylation sites (N-methyl/N-ethyl adjacent to an activating group) is 1. The van der Waals surface area contributed by atoms with Crippen molar-refractivity contribution in [3.63, 3.8) is 0 Å². The molecule has 2 amide bonds. The molecule has 9 nitrogen and oxygen atoms in total. The van der Waals surface area contributed by atoms with Gasteiger partial charge in [-0.2, -0.15) is 0 Å². The molecule has 27 heavy (non-hydrogen) atoms. The standard InChI is InChI=1S/C17H18BrN5O4/c1-22(11-17(25)21-15-7-2-12(18)10-19-15)9-8-16(24)20-13-3-5-14(6-4-13)23(26)27/h2-7,10H,8-9,11H2,1H3,(H,20,24)(H,19,21,25). The van der Waals surface area contributed by atoms with Crippen LogP contribution in [-0.4, -0.2) is 46.8 Å². The Morgan fingerprint density at radius 3 is 2.44 bits per heavy atom. The van der Waals surface area contributed by atoms with Gasteiger partial charge in [-0.25, -0.2) is 4.98 Å². The summed E-state index contributed by atoms with van der Waals surface area (Å²) in [5.74, 6) is -0.0266. The van der Waals surface area contributed by atoms with Crippen LogP contribution in [0.15, 0.2) is 47.1 Å². The lowest BCUT2D eigenvalue weighted by molar-refractivity contribution is -0.384. The fourth-order valence-corrected chi connectivity index (χ4v) is 2.37. The Morgan fingerprint density at radius 1 is 1.15 bits per heavy atom. The van der Waals surface area contributed by atoms with Crippen molar-refractivity contribution in [2.75, 3.05) is 30.8 Å². The van der Waals surface area contributed by atoms with E-state index < -0.39 is 4.92 Å². The predicted molar refractivity (Wildman–Crippen MR) is 104 cm³/mol. The van der Waals surface area contributed by atoms with Crippen molar-refractivity contribution in [1.82, 2.24) is 9.88 Å². The van der Waals surface area contributed by atoms with E-state index in [2.05, 4.69) is 31.5 Å². The predicted octanol–water partition coefficient (Wildman–Crippen LogP) is 2.65. The van der Waals surface area contributed by atoms with Crippen LogP contribution in [0.25, 0.3) is 0 Å². The Morgan fingerprint density at radius 2 is 1.85 bits per heavy atom. The number of hydrogen-bond acceptors (Lipinski definition) is 6. The highest BCUT2D eigenvalue weighted by molar-refractivity contribution is 9.10. The number of aromatic nitrogens is 1. The zero-order valence-electron chi connectivity index (χ0n) is 14.5. The number of nitro benzene ring substituents is 1. The second kappa shape index (κ2) is 9.74. The van der Waals surface area contributed by atoms with Crippen LogP contribution in [-0.2, 0) is 9.59 Å². The number of amides is 2. The number of non-ortho nitro benzene ring substituents is 1. The van der Waals surface area contributed by atoms with E-state index in [9.17, 15) is 19.7 Å². The molecule has 0 unspecified atom stereocenters. The van der Waals surface area contributed by atoms with E-state index in [1.165, 1.54) is 24.3 Å². The Hall–Kier alpha value is -2.85. The van der Waals surface area contributed by atoms with Crippen molar-refractivity contribution in [3.8, 4) is 0 Å². The van der Waals surface area contributed by atoms with Crippen LogP contribution in [0.1, 0.15) is 6.42 Å². The molecule has 10 heteroatoms. The lowest BCUT2D eigenvalue weighted by Gasteiger charge is -2.16. The normalized spacial score (nSPS) is 10.5. The number of nitrogens with one attached hydrogen (secondary N) is 2. The summed E-state index contributed by atoms with van der Waals surface area (Å²) >= 11 is 3.27. The van der Waals surface area contributed by atoms with E-state index in [1.807, 2.05) is 0 Å². The first-order chi connectivity index (χ1) is 12.8. The van der Waals surface area contributed by atoms with Crippen LogP contribution in [0.4, 0.5) is 17.2 Å². The highest BCUT2D eigenvalue weighted by Crippen LogP contribution is 2.15. The maximum absolute atomic E-state index is 12.0. The summed E-state index contributed by atoms with van der Waals surface area (Å²) in [6, 6.07) is 9.04. The summed E-state index contributed by atoms with van der Waals surface area (Å²) < 4.78 is 0.816. The second-order valence-electron chi connectivity index (χ2n) is 5.75. The third-order valence-corrected chi connectivity index (χ3v) is 3.96. The SMILES string of the molecule is CN(CCC(=O)Nc1ccc([N+](=O)[O-])cc1)CC(=O)Nc1ccc(Br)cn1. The summed E-state index contributed by atoms with van der Waals surface area (Å²) in [5, 5.41) is 15.9. The molecule has 0 aliphatic carbocycles. The third-order valence-electron chi connectivity index (χ3n) is 3.49. The molecular formula is C17H18BrN5O4. The molecule has 0 saturated carbocycles. The lowest BCUT2D eigenvalue weighted by atomic mass is 10.2. The minimum atomic E-state index is -0.505. The zero-order chi connectivity index (χ0) is 19.8. The Kier molecular flexibility index (Phi) is 7.38. The van der Waals surface area contributed by atoms with Gasteiger partial charge >= 0.3 is 0 Å². The third kappa shape index (κ3) is 7.12. The maximum atomic E-state index is 12.0. The van der Waals surface area contributed by atoms with E-state index in [0.717, 1.165) is 4.47 Å². The number of halogens is 1. The van der Waals surface area contributed by atoms with E-state index in [0.29, 0.717) is 18.1 Å². The van der Waals surface area contributed by atoms with Crippen LogP contribution in [0.3, 0.4) is 0 Å². The molecule has 0 aliphatic heterocycles. The molecule has 1 aromatic carbocycles. The van der Waals surface area contributed by atoms with Gasteiger partial charge in [-0.3, -0.25) is 24.6 Å². The first-order valence-corrected chi connectivity index (χ1v) is 8.77. The summed E-state index contributed by atoms with van der Waals surface area (Å²) in [5.41, 5.74) is 0.436. The number of hydrogen-bond donors (Lipinski definition) is 2. The molecule has 0 fully saturated rings. The van der Waals surface area contributed by atoms with Gasteiger partial charge in [0, 0.05) is 41.5 Å². The first kappa shape index (κ1) is 20.5. The quantitative estimate of drug-likeness (QED) is 0.485. The average Bonchev–Trinajstić information content (AvgIpc) is 2.62. The van der Waals surface area contributed by atoms with E-state index >= 15 is 0 Å². The minimum Gasteiger partial charge on any atom is -0.326 e. The van der Waals surface area contributed by atoms with Crippen LogP contribution in [0.5, 0.6) is 0 Å². The van der Waals surface area contributed by atoms with Gasteiger partial charge in [0.1, 0.15) is 5.82 Å². The minimum absolute atomic E-state index is 0.0426. The van der Waals surface area contributed by atoms with Gasteiger partial charge in [-0.1, -0.05) is 0 Å². The summed E-state index contributed by atoms with van der Waals surface area (Å²) in [6.07, 6.45) is 1.76. The topological polar surface area (TPSA) is 117 Å². The van der Waals surface area contributed by atoms with Gasteiger partial charge in [0.2, 0.25) is 11.8 Å². The molecule has 0 aliphatic rings. The first-order valence-electron chi connectivity index (χ1n) is 7.98. The molecular weight excluding hydrogens is 418 g/mol. The van der Waals surface area contributed by atoms with Gasteiger partial charge in [-0.05, 0) is 47.2 Å². The Balaban J connectivity index is 1.73. The van der Waals surface area contributed by atoms with Crippen LogP contribution >= 0.6 is 15.9 Å². The average molecular weight is 436 g/mol. The van der Waals surface area contributed by atoms with Crippen molar-refractivity contribution in [3.05, 3.63) is 57.2 Å². The number of carbonyl (C=O) groups is 2. The number of rotatable bonds is 8. The smallest absolute Gasteiger partial charge is 0.269 e. The van der Waals surface area contributed by atoms with Crippen molar-refractivity contribution in [2.45, 2.75) is 6.42 Å². The number of carbonyl (C=O) groups excluding carboxylic acids is 2. The maximum Gasteiger partial charge on any atom is 0.269 e. The molecule has 2 N–H and O–H groups in total. The summed E-state index contributed by atoms with van der Waals surface area (Å²) in [4.78, 5) is 39.8. The van der Waals surface area contributed by atoms with Gasteiger partial charge < -0.3 is 10.6 Å². The van der Waals surface area contributed by atoms with Gasteiger partial charge in [0.05, 0.1) is 11.5 Å². The van der Waals surface area contributed by atoms with E-state index in [-0.39, 0.29) is 30.5 Å². The molecule has 0 saturated heterocycles. The molecule has 0 radical (unpaired) electrons. The second-order valence-corrected chi connectivity index (χ2v) is 6.67. The number of anilines is 2. The van der Waals surface area contributed by atoms with Gasteiger partial charge in [0.15, 0.2) is 0 Å². The van der Waals surface area contributed by atoms with E-state index in [4.69, 9.17) is 0 Å². The number of nitro groups is 1. The summed E-state index contributed by atoms with van der Waals surface area (Å²) in [7, 11) is 1.73. The molecule has 1 aromatic heterocycles. The van der Waals surface area contributed by atoms with Crippen LogP contribution < -0.4 is 10.6 Å². The monoisotopic (exact) mass is 435 g/mol. The van der Waals surface area contributed by atoms with E-state index in [1.54, 1.807) is 30.3 Å². The molecule has 2 aromatic rings. The highest BCUT2D eigenvalue weighted by Gasteiger charge is 2.11. The molecule has 1 heterocycles. The van der Waals surface area contributed by atoms with Crippen LogP contribution in [0, 0.1) is 10.1 Å². The van der Waals surface area contributed by atoms with Crippen molar-refractivity contribution in [1.29, 1.82) is 0 Å². The Labute approximate surface area is 164 Å². The molecule has 2 rings (SSSR count). The van der Waals surface area contributed by atoms with Crippen molar-refractivity contribution in [2.24, 2.45) is 0 Å². The number of benzene rings is 1. The molecule has 0 bridgehead atoms. The highest BCUT2D eigenvalue weighted by atomic mass is 79.9. The molecule has 142 valence electrons. The lowest BCUT2D eigenvalue weighted by Crippen LogP contribution is -2.32. The fraction of sp³-hybridized carbons (Fsp3) is 0.235. The van der Waals surface area contributed by atoms with Gasteiger partial charge in [-0.15, -0.1) is 0 Å².